The summed E-state index contributed by atoms with van der Waals surface area (Å²) in [5.41, 5.74) is 2.28. The minimum atomic E-state index is -0.462. The smallest absolute Gasteiger partial charge is 0.255 e. The molecule has 1 fully saturated rings. The SMILES string of the molecule is O=C(Nc1cccc(Oc2ccc3ncc(N4CCOCC4)nc3c2)c1)c1cccc(F)c1. The molecule has 1 N–H and O–H groups in total. The third-order valence-corrected chi connectivity index (χ3v) is 5.25. The van der Waals surface area contributed by atoms with Gasteiger partial charge in [0.1, 0.15) is 23.1 Å². The van der Waals surface area contributed by atoms with E-state index in [2.05, 4.69) is 15.2 Å². The van der Waals surface area contributed by atoms with Crippen molar-refractivity contribution < 1.29 is 18.7 Å². The molecule has 0 radical (unpaired) electrons. The van der Waals surface area contributed by atoms with Crippen LogP contribution in [0, 0.1) is 5.82 Å². The average molecular weight is 444 g/mol. The fourth-order valence-electron chi connectivity index (χ4n) is 3.60. The quantitative estimate of drug-likeness (QED) is 0.483. The van der Waals surface area contributed by atoms with Gasteiger partial charge in [0, 0.05) is 36.5 Å². The van der Waals surface area contributed by atoms with Gasteiger partial charge in [-0.2, -0.15) is 0 Å². The lowest BCUT2D eigenvalue weighted by Gasteiger charge is -2.27. The third kappa shape index (κ3) is 4.91. The van der Waals surface area contributed by atoms with Crippen LogP contribution in [-0.4, -0.2) is 42.2 Å². The number of fused-ring (bicyclic) bond motifs is 1. The molecule has 2 heterocycles. The Bertz CT molecular complexity index is 1310. The molecule has 5 rings (SSSR count). The van der Waals surface area contributed by atoms with Gasteiger partial charge in [0.05, 0.1) is 30.4 Å². The van der Waals surface area contributed by atoms with E-state index in [9.17, 15) is 9.18 Å². The van der Waals surface area contributed by atoms with Gasteiger partial charge in [0.25, 0.3) is 5.91 Å². The Morgan fingerprint density at radius 2 is 1.79 bits per heavy atom. The Kier molecular flexibility index (Phi) is 5.82. The van der Waals surface area contributed by atoms with E-state index < -0.39 is 11.7 Å². The lowest BCUT2D eigenvalue weighted by molar-refractivity contribution is 0.102. The number of hydrogen-bond donors (Lipinski definition) is 1. The van der Waals surface area contributed by atoms with E-state index in [1.165, 1.54) is 18.2 Å². The summed E-state index contributed by atoms with van der Waals surface area (Å²) in [6.45, 7) is 2.92. The number of nitrogens with zero attached hydrogens (tertiary/aromatic N) is 3. The molecule has 1 aromatic heterocycles. The number of benzene rings is 3. The van der Waals surface area contributed by atoms with E-state index in [1.807, 2.05) is 18.2 Å². The second-order valence-corrected chi connectivity index (χ2v) is 7.57. The van der Waals surface area contributed by atoms with Crippen LogP contribution in [0.5, 0.6) is 11.5 Å². The third-order valence-electron chi connectivity index (χ3n) is 5.25. The van der Waals surface area contributed by atoms with Gasteiger partial charge in [-0.1, -0.05) is 12.1 Å². The predicted octanol–water partition coefficient (Wildman–Crippen LogP) is 4.65. The first-order valence-electron chi connectivity index (χ1n) is 10.6. The van der Waals surface area contributed by atoms with Crippen LogP contribution in [-0.2, 0) is 4.74 Å². The summed E-state index contributed by atoms with van der Waals surface area (Å²) < 4.78 is 24.8. The zero-order valence-corrected chi connectivity index (χ0v) is 17.7. The molecule has 0 spiro atoms. The summed E-state index contributed by atoms with van der Waals surface area (Å²) in [7, 11) is 0. The van der Waals surface area contributed by atoms with Crippen LogP contribution in [0.4, 0.5) is 15.9 Å². The number of nitrogens with one attached hydrogen (secondary N) is 1. The van der Waals surface area contributed by atoms with Crippen LogP contribution >= 0.6 is 0 Å². The van der Waals surface area contributed by atoms with Crippen LogP contribution in [0.2, 0.25) is 0 Å². The second kappa shape index (κ2) is 9.22. The number of halogens is 1. The van der Waals surface area contributed by atoms with Crippen molar-refractivity contribution in [2.24, 2.45) is 0 Å². The van der Waals surface area contributed by atoms with Gasteiger partial charge in [0.15, 0.2) is 0 Å². The highest BCUT2D eigenvalue weighted by Gasteiger charge is 2.14. The summed E-state index contributed by atoms with van der Waals surface area (Å²) in [5, 5.41) is 2.76. The van der Waals surface area contributed by atoms with Gasteiger partial charge in [0.2, 0.25) is 0 Å². The standard InChI is InChI=1S/C25H21FN4O3/c26-18-4-1-3-17(13-18)25(31)28-19-5-2-6-20(14-19)33-21-7-8-22-23(15-21)29-24(16-27-22)30-9-11-32-12-10-30/h1-8,13-16H,9-12H2,(H,28,31). The normalized spacial score (nSPS) is 13.7. The summed E-state index contributed by atoms with van der Waals surface area (Å²) in [6, 6.07) is 18.1. The Morgan fingerprint density at radius 1 is 0.970 bits per heavy atom. The van der Waals surface area contributed by atoms with Gasteiger partial charge in [-0.15, -0.1) is 0 Å². The number of amides is 1. The highest BCUT2D eigenvalue weighted by molar-refractivity contribution is 6.04. The molecule has 1 saturated heterocycles. The number of hydrogen-bond acceptors (Lipinski definition) is 6. The number of rotatable bonds is 5. The highest BCUT2D eigenvalue weighted by Crippen LogP contribution is 2.27. The van der Waals surface area contributed by atoms with Crippen LogP contribution in [0.25, 0.3) is 11.0 Å². The maximum Gasteiger partial charge on any atom is 0.255 e. The summed E-state index contributed by atoms with van der Waals surface area (Å²) in [5.74, 6) is 1.09. The first-order chi connectivity index (χ1) is 16.1. The zero-order valence-electron chi connectivity index (χ0n) is 17.7. The molecule has 3 aromatic carbocycles. The summed E-state index contributed by atoms with van der Waals surface area (Å²) >= 11 is 0. The molecule has 8 heteroatoms. The lowest BCUT2D eigenvalue weighted by Crippen LogP contribution is -2.36. The molecule has 166 valence electrons. The molecule has 7 nitrogen and oxygen atoms in total. The van der Waals surface area contributed by atoms with E-state index >= 15 is 0 Å². The number of anilines is 2. The minimum Gasteiger partial charge on any atom is -0.457 e. The van der Waals surface area contributed by atoms with Gasteiger partial charge in [-0.05, 0) is 42.5 Å². The van der Waals surface area contributed by atoms with E-state index in [1.54, 1.807) is 36.5 Å². The molecular formula is C25H21FN4O3. The van der Waals surface area contributed by atoms with Crippen molar-refractivity contribution in [3.05, 3.63) is 84.3 Å². The highest BCUT2D eigenvalue weighted by atomic mass is 19.1. The topological polar surface area (TPSA) is 76.6 Å². The van der Waals surface area contributed by atoms with E-state index in [0.29, 0.717) is 30.4 Å². The molecular weight excluding hydrogens is 423 g/mol. The van der Waals surface area contributed by atoms with E-state index in [0.717, 1.165) is 29.9 Å². The number of aromatic nitrogens is 2. The Hall–Kier alpha value is -4.04. The summed E-state index contributed by atoms with van der Waals surface area (Å²) in [4.78, 5) is 23.8. The van der Waals surface area contributed by atoms with Crippen LogP contribution in [0.15, 0.2) is 72.9 Å². The van der Waals surface area contributed by atoms with Crippen LogP contribution < -0.4 is 15.0 Å². The van der Waals surface area contributed by atoms with Crippen molar-refractivity contribution in [1.82, 2.24) is 9.97 Å². The molecule has 0 atom stereocenters. The molecule has 1 aliphatic heterocycles. The van der Waals surface area contributed by atoms with Crippen molar-refractivity contribution in [3.8, 4) is 11.5 Å². The van der Waals surface area contributed by atoms with Gasteiger partial charge < -0.3 is 19.7 Å². The van der Waals surface area contributed by atoms with Crippen molar-refractivity contribution in [3.63, 3.8) is 0 Å². The average Bonchev–Trinajstić information content (AvgIpc) is 2.84. The lowest BCUT2D eigenvalue weighted by atomic mass is 10.2. The van der Waals surface area contributed by atoms with Gasteiger partial charge in [-0.25, -0.2) is 9.37 Å². The molecule has 1 amide bonds. The zero-order chi connectivity index (χ0) is 22.6. The minimum absolute atomic E-state index is 0.241. The molecule has 4 aromatic rings. The molecule has 0 unspecified atom stereocenters. The maximum atomic E-state index is 13.4. The van der Waals surface area contributed by atoms with Crippen LogP contribution in [0.3, 0.4) is 0 Å². The Balaban J connectivity index is 1.33. The fourth-order valence-corrected chi connectivity index (χ4v) is 3.60. The fraction of sp³-hybridized carbons (Fsp3) is 0.160. The van der Waals surface area contributed by atoms with E-state index in [4.69, 9.17) is 14.5 Å². The van der Waals surface area contributed by atoms with Crippen molar-refractivity contribution >= 4 is 28.4 Å². The Morgan fingerprint density at radius 3 is 2.64 bits per heavy atom. The maximum absolute atomic E-state index is 13.4. The van der Waals surface area contributed by atoms with Crippen molar-refractivity contribution in [2.75, 3.05) is 36.5 Å². The second-order valence-electron chi connectivity index (χ2n) is 7.57. The first kappa shape index (κ1) is 20.8. The predicted molar refractivity (Wildman–Crippen MR) is 123 cm³/mol. The van der Waals surface area contributed by atoms with Gasteiger partial charge in [-0.3, -0.25) is 9.78 Å². The van der Waals surface area contributed by atoms with E-state index in [-0.39, 0.29) is 5.56 Å². The molecule has 0 bridgehead atoms. The molecule has 1 aliphatic rings. The number of ether oxygens (including phenoxy) is 2. The van der Waals surface area contributed by atoms with Crippen molar-refractivity contribution in [1.29, 1.82) is 0 Å². The van der Waals surface area contributed by atoms with Crippen molar-refractivity contribution in [2.45, 2.75) is 0 Å². The Labute approximate surface area is 189 Å². The largest absolute Gasteiger partial charge is 0.457 e. The van der Waals surface area contributed by atoms with Crippen LogP contribution in [0.1, 0.15) is 10.4 Å². The molecule has 33 heavy (non-hydrogen) atoms. The van der Waals surface area contributed by atoms with Gasteiger partial charge >= 0.3 is 0 Å². The molecule has 0 saturated carbocycles. The number of carbonyl (C=O) groups excluding carboxylic acids is 1. The first-order valence-corrected chi connectivity index (χ1v) is 10.6. The monoisotopic (exact) mass is 444 g/mol. The number of morpholine rings is 1. The molecule has 0 aliphatic carbocycles. The number of carbonyl (C=O) groups is 1. The summed E-state index contributed by atoms with van der Waals surface area (Å²) in [6.07, 6.45) is 1.78.